The highest BCUT2D eigenvalue weighted by molar-refractivity contribution is 5.86. The summed E-state index contributed by atoms with van der Waals surface area (Å²) in [6, 6.07) is 14.5. The van der Waals surface area contributed by atoms with Crippen LogP contribution in [0.15, 0.2) is 48.5 Å². The van der Waals surface area contributed by atoms with Gasteiger partial charge in [0, 0.05) is 18.5 Å². The lowest BCUT2D eigenvalue weighted by Crippen LogP contribution is -2.12. The molecule has 26 heavy (non-hydrogen) atoms. The smallest absolute Gasteiger partial charge is 0.134 e. The minimum atomic E-state index is 0. The molecule has 138 valence electrons. The summed E-state index contributed by atoms with van der Waals surface area (Å²) in [6.45, 7) is 3.19. The molecule has 1 aliphatic rings. The van der Waals surface area contributed by atoms with Crippen LogP contribution in [0, 0.1) is 0 Å². The normalized spacial score (nSPS) is 14.1. The van der Waals surface area contributed by atoms with Gasteiger partial charge in [0.05, 0.1) is 0 Å². The highest BCUT2D eigenvalue weighted by atomic mass is 35.5. The molecular weight excluding hydrogens is 346 g/mol. The minimum Gasteiger partial charge on any atom is -0.488 e. The van der Waals surface area contributed by atoms with Crippen LogP contribution < -0.4 is 4.74 Å². The van der Waals surface area contributed by atoms with Gasteiger partial charge in [-0.1, -0.05) is 36.4 Å². The molecule has 0 radical (unpaired) electrons. The highest BCUT2D eigenvalue weighted by Gasteiger charge is 2.19. The van der Waals surface area contributed by atoms with Crippen molar-refractivity contribution in [2.24, 2.45) is 0 Å². The number of ketones is 1. The number of ether oxygens (including phenoxy) is 1. The zero-order chi connectivity index (χ0) is 17.8. The molecular formula is C22H26ClNO2. The van der Waals surface area contributed by atoms with Gasteiger partial charge in [0.2, 0.25) is 0 Å². The molecule has 0 N–H and O–H groups in total. The molecule has 0 saturated heterocycles. The summed E-state index contributed by atoms with van der Waals surface area (Å²) in [4.78, 5) is 13.7. The topological polar surface area (TPSA) is 29.5 Å². The summed E-state index contributed by atoms with van der Waals surface area (Å²) >= 11 is 0. The Balaban J connectivity index is 0.00000243. The van der Waals surface area contributed by atoms with Gasteiger partial charge in [0.15, 0.2) is 0 Å². The summed E-state index contributed by atoms with van der Waals surface area (Å²) in [5.41, 5.74) is 5.74. The fourth-order valence-corrected chi connectivity index (χ4v) is 3.21. The van der Waals surface area contributed by atoms with Crippen LogP contribution in [0.4, 0.5) is 0 Å². The molecule has 3 rings (SSSR count). The van der Waals surface area contributed by atoms with Crippen molar-refractivity contribution in [3.63, 3.8) is 0 Å². The van der Waals surface area contributed by atoms with Gasteiger partial charge in [-0.25, -0.2) is 0 Å². The van der Waals surface area contributed by atoms with E-state index in [1.807, 2.05) is 12.1 Å². The first-order valence-electron chi connectivity index (χ1n) is 8.73. The zero-order valence-corrected chi connectivity index (χ0v) is 16.4. The van der Waals surface area contributed by atoms with Crippen molar-refractivity contribution in [1.29, 1.82) is 0 Å². The van der Waals surface area contributed by atoms with E-state index >= 15 is 0 Å². The summed E-state index contributed by atoms with van der Waals surface area (Å²) in [5.74, 6) is 1.06. The Bertz CT molecular complexity index is 812. The third-order valence-electron chi connectivity index (χ3n) is 4.40. The second-order valence-corrected chi connectivity index (χ2v) is 6.86. The molecule has 3 nitrogen and oxygen atoms in total. The van der Waals surface area contributed by atoms with E-state index in [4.69, 9.17) is 4.74 Å². The third-order valence-corrected chi connectivity index (χ3v) is 4.40. The van der Waals surface area contributed by atoms with Crippen molar-refractivity contribution in [1.82, 2.24) is 4.90 Å². The van der Waals surface area contributed by atoms with Crippen LogP contribution in [0.5, 0.6) is 5.75 Å². The van der Waals surface area contributed by atoms with E-state index in [9.17, 15) is 4.79 Å². The van der Waals surface area contributed by atoms with Crippen molar-refractivity contribution in [2.75, 3.05) is 20.6 Å². The van der Waals surface area contributed by atoms with Gasteiger partial charge in [-0.15, -0.1) is 12.4 Å². The van der Waals surface area contributed by atoms with E-state index in [2.05, 4.69) is 55.4 Å². The van der Waals surface area contributed by atoms with E-state index in [0.29, 0.717) is 13.0 Å². The van der Waals surface area contributed by atoms with Gasteiger partial charge >= 0.3 is 0 Å². The first-order chi connectivity index (χ1) is 12.0. The number of hydrogen-bond acceptors (Lipinski definition) is 3. The SMILES string of the molecule is CC(=O)Cc1ccc2c(c1)C(=CCCN(C)C)c1ccccc1CO2.Cl. The Morgan fingerprint density at radius 1 is 1.15 bits per heavy atom. The van der Waals surface area contributed by atoms with Gasteiger partial charge in [-0.3, -0.25) is 4.79 Å². The van der Waals surface area contributed by atoms with Gasteiger partial charge in [-0.2, -0.15) is 0 Å². The molecule has 1 heterocycles. The molecule has 0 bridgehead atoms. The molecule has 0 fully saturated rings. The van der Waals surface area contributed by atoms with Gasteiger partial charge in [-0.05, 0) is 61.8 Å². The molecule has 0 unspecified atom stereocenters. The van der Waals surface area contributed by atoms with Gasteiger partial charge < -0.3 is 9.64 Å². The first-order valence-corrected chi connectivity index (χ1v) is 8.73. The van der Waals surface area contributed by atoms with Crippen LogP contribution in [0.1, 0.15) is 35.6 Å². The lowest BCUT2D eigenvalue weighted by atomic mass is 9.92. The van der Waals surface area contributed by atoms with Crippen LogP contribution in [0.3, 0.4) is 0 Å². The van der Waals surface area contributed by atoms with Crippen molar-refractivity contribution in [3.05, 3.63) is 70.8 Å². The lowest BCUT2D eigenvalue weighted by molar-refractivity contribution is -0.116. The van der Waals surface area contributed by atoms with E-state index in [1.165, 1.54) is 16.7 Å². The number of Topliss-reactive ketones (excluding diaryl/α,β-unsaturated/α-hetero) is 1. The maximum Gasteiger partial charge on any atom is 0.134 e. The second-order valence-electron chi connectivity index (χ2n) is 6.86. The molecule has 0 aromatic heterocycles. The van der Waals surface area contributed by atoms with Crippen LogP contribution in [0.2, 0.25) is 0 Å². The Morgan fingerprint density at radius 2 is 1.92 bits per heavy atom. The Hall–Kier alpha value is -2.10. The summed E-state index contributed by atoms with van der Waals surface area (Å²) < 4.78 is 6.06. The number of carbonyl (C=O) groups is 1. The summed E-state index contributed by atoms with van der Waals surface area (Å²) in [5, 5.41) is 0. The maximum atomic E-state index is 11.5. The number of fused-ring (bicyclic) bond motifs is 2. The highest BCUT2D eigenvalue weighted by Crippen LogP contribution is 2.37. The van der Waals surface area contributed by atoms with Crippen molar-refractivity contribution in [2.45, 2.75) is 26.4 Å². The fourth-order valence-electron chi connectivity index (χ4n) is 3.21. The number of benzene rings is 2. The minimum absolute atomic E-state index is 0. The predicted molar refractivity (Wildman–Crippen MR) is 109 cm³/mol. The average molecular weight is 372 g/mol. The van der Waals surface area contributed by atoms with Crippen molar-refractivity contribution < 1.29 is 9.53 Å². The van der Waals surface area contributed by atoms with Gasteiger partial charge in [0.25, 0.3) is 0 Å². The number of halogens is 1. The van der Waals surface area contributed by atoms with Crippen LogP contribution in [0.25, 0.3) is 5.57 Å². The van der Waals surface area contributed by atoms with E-state index in [0.717, 1.165) is 29.8 Å². The van der Waals surface area contributed by atoms with E-state index in [-0.39, 0.29) is 18.2 Å². The van der Waals surface area contributed by atoms with Crippen molar-refractivity contribution in [3.8, 4) is 5.75 Å². The largest absolute Gasteiger partial charge is 0.488 e. The van der Waals surface area contributed by atoms with Crippen LogP contribution in [-0.2, 0) is 17.8 Å². The molecule has 4 heteroatoms. The van der Waals surface area contributed by atoms with Crippen LogP contribution in [-0.4, -0.2) is 31.3 Å². The molecule has 0 atom stereocenters. The predicted octanol–water partition coefficient (Wildman–Crippen LogP) is 4.52. The molecule has 2 aromatic carbocycles. The molecule has 0 saturated carbocycles. The molecule has 0 spiro atoms. The second kappa shape index (κ2) is 9.02. The lowest BCUT2D eigenvalue weighted by Gasteiger charge is -2.13. The number of nitrogens with zero attached hydrogens (tertiary/aromatic N) is 1. The number of hydrogen-bond donors (Lipinski definition) is 0. The molecule has 0 aliphatic carbocycles. The Kier molecular flexibility index (Phi) is 7.01. The first kappa shape index (κ1) is 20.2. The Labute approximate surface area is 162 Å². The van der Waals surface area contributed by atoms with Crippen LogP contribution >= 0.6 is 12.4 Å². The standard InChI is InChI=1S/C22H25NO2.ClH/c1-16(24)13-17-10-11-22-21(14-17)20(9-6-12-23(2)3)19-8-5-4-7-18(19)15-25-22;/h4-5,7-11,14H,6,12-13,15H2,1-3H3;1H. The van der Waals surface area contributed by atoms with E-state index < -0.39 is 0 Å². The Morgan fingerprint density at radius 3 is 2.65 bits per heavy atom. The third kappa shape index (κ3) is 4.75. The summed E-state index contributed by atoms with van der Waals surface area (Å²) in [7, 11) is 4.17. The number of rotatable bonds is 5. The molecule has 2 aromatic rings. The average Bonchev–Trinajstić information content (AvgIpc) is 2.72. The molecule has 0 amide bonds. The summed E-state index contributed by atoms with van der Waals surface area (Å²) in [6.07, 6.45) is 3.72. The van der Waals surface area contributed by atoms with Gasteiger partial charge in [0.1, 0.15) is 18.1 Å². The maximum absolute atomic E-state index is 11.5. The monoisotopic (exact) mass is 371 g/mol. The fraction of sp³-hybridized carbons (Fsp3) is 0.318. The number of carbonyl (C=O) groups excluding carboxylic acids is 1. The van der Waals surface area contributed by atoms with E-state index in [1.54, 1.807) is 6.92 Å². The molecule has 1 aliphatic heterocycles. The van der Waals surface area contributed by atoms with Crippen molar-refractivity contribution >= 4 is 23.8 Å². The quantitative estimate of drug-likeness (QED) is 0.774. The zero-order valence-electron chi connectivity index (χ0n) is 15.6.